The number of fused-ring (bicyclic) bond motifs is 1. The molecule has 2 rings (SSSR count). The quantitative estimate of drug-likeness (QED) is 0.833. The highest BCUT2D eigenvalue weighted by Crippen LogP contribution is 2.27. The van der Waals surface area contributed by atoms with Crippen LogP contribution in [0.3, 0.4) is 0 Å². The summed E-state index contributed by atoms with van der Waals surface area (Å²) in [6.45, 7) is 1.87. The third-order valence-corrected chi connectivity index (χ3v) is 3.08. The van der Waals surface area contributed by atoms with E-state index < -0.39 is 11.4 Å². The van der Waals surface area contributed by atoms with Gasteiger partial charge in [-0.2, -0.15) is 0 Å². The number of phenolic OH excluding ortho intramolecular Hbond substituents is 1. The second-order valence-corrected chi connectivity index (χ2v) is 4.46. The van der Waals surface area contributed by atoms with E-state index in [1.807, 2.05) is 0 Å². The van der Waals surface area contributed by atoms with Crippen molar-refractivity contribution in [2.45, 2.75) is 6.92 Å². The van der Waals surface area contributed by atoms with E-state index in [1.165, 1.54) is 18.3 Å². The first-order valence-electron chi connectivity index (χ1n) is 5.25. The highest BCUT2D eigenvalue weighted by atomic mass is 79.9. The van der Waals surface area contributed by atoms with Gasteiger partial charge in [-0.1, -0.05) is 0 Å². The lowest BCUT2D eigenvalue weighted by Gasteiger charge is -2.04. The summed E-state index contributed by atoms with van der Waals surface area (Å²) in [5.41, 5.74) is -0.0291. The molecule has 5 nitrogen and oxygen atoms in total. The minimum atomic E-state index is -0.662. The van der Waals surface area contributed by atoms with Crippen LogP contribution in [-0.2, 0) is 4.74 Å². The van der Waals surface area contributed by atoms with Crippen molar-refractivity contribution < 1.29 is 14.6 Å². The van der Waals surface area contributed by atoms with Crippen LogP contribution >= 0.6 is 15.9 Å². The molecule has 0 saturated heterocycles. The van der Waals surface area contributed by atoms with Gasteiger partial charge in [0.25, 0.3) is 0 Å². The van der Waals surface area contributed by atoms with Crippen molar-refractivity contribution in [1.82, 2.24) is 4.98 Å². The third kappa shape index (κ3) is 2.11. The zero-order valence-corrected chi connectivity index (χ0v) is 11.1. The van der Waals surface area contributed by atoms with Crippen molar-refractivity contribution in [2.75, 3.05) is 6.61 Å². The van der Waals surface area contributed by atoms with Gasteiger partial charge >= 0.3 is 5.97 Å². The molecule has 1 heterocycles. The molecule has 0 aliphatic carbocycles. The van der Waals surface area contributed by atoms with Crippen LogP contribution in [-0.4, -0.2) is 22.7 Å². The molecule has 0 fully saturated rings. The van der Waals surface area contributed by atoms with Gasteiger partial charge in [0.1, 0.15) is 11.3 Å². The van der Waals surface area contributed by atoms with Crippen LogP contribution in [0, 0.1) is 0 Å². The van der Waals surface area contributed by atoms with E-state index in [1.54, 1.807) is 6.92 Å². The van der Waals surface area contributed by atoms with Crippen LogP contribution < -0.4 is 5.43 Å². The van der Waals surface area contributed by atoms with Gasteiger partial charge in [0.05, 0.1) is 16.6 Å². The number of esters is 1. The van der Waals surface area contributed by atoms with Gasteiger partial charge in [-0.15, -0.1) is 0 Å². The lowest BCUT2D eigenvalue weighted by atomic mass is 10.1. The number of ether oxygens (including phenoxy) is 1. The van der Waals surface area contributed by atoms with Crippen LogP contribution in [0.1, 0.15) is 17.3 Å². The highest BCUT2D eigenvalue weighted by Gasteiger charge is 2.14. The van der Waals surface area contributed by atoms with Crippen LogP contribution in [0.2, 0.25) is 0 Å². The summed E-state index contributed by atoms with van der Waals surface area (Å²) in [6, 6.07) is 2.88. The molecule has 0 spiro atoms. The zero-order chi connectivity index (χ0) is 13.3. The molecule has 0 amide bonds. The number of aromatic hydroxyl groups is 1. The van der Waals surface area contributed by atoms with E-state index in [0.29, 0.717) is 15.4 Å². The van der Waals surface area contributed by atoms with E-state index in [-0.39, 0.29) is 17.9 Å². The molecule has 0 atom stereocenters. The number of pyridine rings is 1. The molecule has 6 heteroatoms. The Labute approximate surface area is 111 Å². The van der Waals surface area contributed by atoms with E-state index in [9.17, 15) is 14.7 Å². The van der Waals surface area contributed by atoms with Crippen LogP contribution in [0.4, 0.5) is 0 Å². The molecule has 2 N–H and O–H groups in total. The van der Waals surface area contributed by atoms with Gasteiger partial charge < -0.3 is 14.8 Å². The van der Waals surface area contributed by atoms with E-state index in [2.05, 4.69) is 20.9 Å². The van der Waals surface area contributed by atoms with Crippen molar-refractivity contribution in [3.63, 3.8) is 0 Å². The minimum Gasteiger partial charge on any atom is -0.507 e. The maximum absolute atomic E-state index is 12.1. The maximum Gasteiger partial charge on any atom is 0.343 e. The Morgan fingerprint density at radius 1 is 1.50 bits per heavy atom. The molecular weight excluding hydrogens is 302 g/mol. The molecular formula is C12H10BrNO4. The van der Waals surface area contributed by atoms with Crippen LogP contribution in [0.15, 0.2) is 27.6 Å². The molecule has 94 valence electrons. The number of aromatic nitrogens is 1. The number of benzene rings is 1. The standard InChI is InChI=1S/C12H10BrNO4/c1-2-18-12(17)7-5-14-9-4-10(15)8(13)3-6(9)11(7)16/h3-5,15H,2H2,1H3,(H,14,16). The number of halogens is 1. The molecule has 0 bridgehead atoms. The SMILES string of the molecule is CCOC(=O)c1c[nH]c2cc(O)c(Br)cc2c1=O. The van der Waals surface area contributed by atoms with Gasteiger partial charge in [0.2, 0.25) is 5.43 Å². The first-order valence-corrected chi connectivity index (χ1v) is 6.05. The maximum atomic E-state index is 12.1. The first kappa shape index (κ1) is 12.6. The number of carbonyl (C=O) groups excluding carboxylic acids is 1. The topological polar surface area (TPSA) is 79.4 Å². The van der Waals surface area contributed by atoms with Crippen molar-refractivity contribution in [1.29, 1.82) is 0 Å². The fourth-order valence-corrected chi connectivity index (χ4v) is 1.93. The Morgan fingerprint density at radius 3 is 2.89 bits per heavy atom. The molecule has 2 aromatic rings. The first-order chi connectivity index (χ1) is 8.54. The fourth-order valence-electron chi connectivity index (χ4n) is 1.59. The van der Waals surface area contributed by atoms with Gasteiger partial charge in [0.15, 0.2) is 0 Å². The van der Waals surface area contributed by atoms with Gasteiger partial charge in [0, 0.05) is 17.6 Å². The van der Waals surface area contributed by atoms with Crippen molar-refractivity contribution in [2.24, 2.45) is 0 Å². The van der Waals surface area contributed by atoms with Crippen LogP contribution in [0.25, 0.3) is 10.9 Å². The predicted molar refractivity (Wildman–Crippen MR) is 69.9 cm³/mol. The number of rotatable bonds is 2. The number of phenols is 1. The largest absolute Gasteiger partial charge is 0.507 e. The number of hydrogen-bond donors (Lipinski definition) is 2. The summed E-state index contributed by atoms with van der Waals surface area (Å²) in [5, 5.41) is 9.82. The Morgan fingerprint density at radius 2 is 2.22 bits per heavy atom. The molecule has 1 aromatic heterocycles. The number of aromatic amines is 1. The summed E-state index contributed by atoms with van der Waals surface area (Å²) in [5.74, 6) is -0.646. The number of H-pyrrole nitrogens is 1. The number of nitrogens with one attached hydrogen (secondary N) is 1. The molecule has 0 radical (unpaired) electrons. The average molecular weight is 312 g/mol. The van der Waals surface area contributed by atoms with Crippen molar-refractivity contribution >= 4 is 32.8 Å². The molecule has 0 unspecified atom stereocenters. The van der Waals surface area contributed by atoms with E-state index >= 15 is 0 Å². The Bertz CT molecular complexity index is 678. The summed E-state index contributed by atoms with van der Waals surface area (Å²) in [6.07, 6.45) is 1.29. The highest BCUT2D eigenvalue weighted by molar-refractivity contribution is 9.10. The zero-order valence-electron chi connectivity index (χ0n) is 9.49. The average Bonchev–Trinajstić information content (AvgIpc) is 2.32. The molecule has 0 saturated carbocycles. The predicted octanol–water partition coefficient (Wildman–Crippen LogP) is 2.17. The lowest BCUT2D eigenvalue weighted by Crippen LogP contribution is -2.18. The summed E-state index contributed by atoms with van der Waals surface area (Å²) < 4.78 is 5.18. The normalized spacial score (nSPS) is 10.6. The van der Waals surface area contributed by atoms with Gasteiger partial charge in [-0.3, -0.25) is 4.79 Å². The van der Waals surface area contributed by atoms with E-state index in [0.717, 1.165) is 0 Å². The van der Waals surface area contributed by atoms with Gasteiger partial charge in [-0.05, 0) is 28.9 Å². The smallest absolute Gasteiger partial charge is 0.343 e. The second-order valence-electron chi connectivity index (χ2n) is 3.60. The monoisotopic (exact) mass is 311 g/mol. The summed E-state index contributed by atoms with van der Waals surface area (Å²) in [7, 11) is 0. The Balaban J connectivity index is 2.68. The molecule has 18 heavy (non-hydrogen) atoms. The molecule has 0 aliphatic heterocycles. The fraction of sp³-hybridized carbons (Fsp3) is 0.167. The third-order valence-electron chi connectivity index (χ3n) is 2.44. The Kier molecular flexibility index (Phi) is 3.38. The summed E-state index contributed by atoms with van der Waals surface area (Å²) in [4.78, 5) is 26.4. The van der Waals surface area contributed by atoms with Crippen molar-refractivity contribution in [3.8, 4) is 5.75 Å². The lowest BCUT2D eigenvalue weighted by molar-refractivity contribution is 0.0524. The Hall–Kier alpha value is -1.82. The molecule has 1 aromatic carbocycles. The number of carbonyl (C=O) groups is 1. The second kappa shape index (κ2) is 4.81. The van der Waals surface area contributed by atoms with Crippen LogP contribution in [0.5, 0.6) is 5.75 Å². The van der Waals surface area contributed by atoms with Crippen molar-refractivity contribution in [3.05, 3.63) is 38.6 Å². The minimum absolute atomic E-state index is 0.0158. The molecule has 0 aliphatic rings. The number of hydrogen-bond acceptors (Lipinski definition) is 4. The summed E-state index contributed by atoms with van der Waals surface area (Å²) >= 11 is 3.12. The van der Waals surface area contributed by atoms with Gasteiger partial charge in [-0.25, -0.2) is 4.79 Å². The van der Waals surface area contributed by atoms with E-state index in [4.69, 9.17) is 4.74 Å².